The minimum atomic E-state index is 0.456. The Morgan fingerprint density at radius 2 is 1.73 bits per heavy atom. The largest absolute Gasteiger partial charge is 0.309 e. The lowest BCUT2D eigenvalue weighted by atomic mass is 9.64. The Morgan fingerprint density at radius 1 is 1.13 bits per heavy atom. The van der Waals surface area contributed by atoms with Crippen molar-refractivity contribution in [2.24, 2.45) is 0 Å². The number of hydrogen-bond donors (Lipinski definition) is 0. The van der Waals surface area contributed by atoms with Crippen LogP contribution in [-0.4, -0.2) is 25.5 Å². The fraction of sp³-hybridized carbons (Fsp3) is 0.571. The zero-order chi connectivity index (χ0) is 10.9. The molecule has 0 saturated heterocycles. The Kier molecular flexibility index (Phi) is 2.83. The van der Waals surface area contributed by atoms with Gasteiger partial charge in [0.1, 0.15) is 0 Å². The Hall–Kier alpha value is -0.820. The average molecular weight is 203 g/mol. The van der Waals surface area contributed by atoms with Crippen LogP contribution in [0.15, 0.2) is 24.3 Å². The van der Waals surface area contributed by atoms with Gasteiger partial charge in [0.15, 0.2) is 0 Å². The fourth-order valence-electron chi connectivity index (χ4n) is 2.65. The number of nitrogens with zero attached hydrogens (tertiary/aromatic N) is 1. The van der Waals surface area contributed by atoms with Gasteiger partial charge in [-0.25, -0.2) is 0 Å². The van der Waals surface area contributed by atoms with Gasteiger partial charge in [0, 0.05) is 12.0 Å². The topological polar surface area (TPSA) is 3.24 Å². The Labute approximate surface area is 93.1 Å². The molecule has 1 aliphatic rings. The number of hydrogen-bond acceptors (Lipinski definition) is 1. The summed E-state index contributed by atoms with van der Waals surface area (Å²) in [6.45, 7) is 3.35. The van der Waals surface area contributed by atoms with E-state index in [-0.39, 0.29) is 0 Å². The molecule has 0 radical (unpaired) electrons. The summed E-state index contributed by atoms with van der Waals surface area (Å²) in [5.74, 6) is 0. The quantitative estimate of drug-likeness (QED) is 0.730. The van der Waals surface area contributed by atoms with E-state index >= 15 is 0 Å². The van der Waals surface area contributed by atoms with Gasteiger partial charge in [0.05, 0.1) is 0 Å². The molecule has 0 amide bonds. The van der Waals surface area contributed by atoms with Crippen LogP contribution in [0.4, 0.5) is 0 Å². The first kappa shape index (κ1) is 10.7. The van der Waals surface area contributed by atoms with Crippen molar-refractivity contribution in [3.05, 3.63) is 35.4 Å². The summed E-state index contributed by atoms with van der Waals surface area (Å²) >= 11 is 0. The lowest BCUT2D eigenvalue weighted by Gasteiger charge is -2.44. The van der Waals surface area contributed by atoms with Crippen molar-refractivity contribution in [1.82, 2.24) is 4.90 Å². The van der Waals surface area contributed by atoms with Crippen molar-refractivity contribution < 1.29 is 0 Å². The molecule has 1 saturated carbocycles. The maximum atomic E-state index is 2.32. The molecule has 15 heavy (non-hydrogen) atoms. The molecule has 1 aliphatic carbocycles. The molecule has 0 aliphatic heterocycles. The first-order valence-electron chi connectivity index (χ1n) is 5.84. The summed E-state index contributed by atoms with van der Waals surface area (Å²) in [6.07, 6.45) is 4.10. The molecule has 2 rings (SSSR count). The molecule has 1 aromatic rings. The van der Waals surface area contributed by atoms with Crippen molar-refractivity contribution >= 4 is 0 Å². The van der Waals surface area contributed by atoms with E-state index in [0.717, 1.165) is 0 Å². The van der Waals surface area contributed by atoms with Crippen LogP contribution in [0.25, 0.3) is 0 Å². The standard InChI is InChI=1S/C14H21N/c1-12-5-7-13(8-6-12)14(9-4-10-14)11-15(2)3/h5-8H,4,9-11H2,1-3H3. The SMILES string of the molecule is Cc1ccc(C2(CN(C)C)CCC2)cc1. The van der Waals surface area contributed by atoms with Crippen molar-refractivity contribution in [1.29, 1.82) is 0 Å². The fourth-order valence-corrected chi connectivity index (χ4v) is 2.65. The van der Waals surface area contributed by atoms with Gasteiger partial charge in [0.2, 0.25) is 0 Å². The van der Waals surface area contributed by atoms with Gasteiger partial charge in [-0.3, -0.25) is 0 Å². The Morgan fingerprint density at radius 3 is 2.13 bits per heavy atom. The molecule has 1 aromatic carbocycles. The zero-order valence-electron chi connectivity index (χ0n) is 10.1. The van der Waals surface area contributed by atoms with Crippen LogP contribution >= 0.6 is 0 Å². The summed E-state index contributed by atoms with van der Waals surface area (Å²) in [7, 11) is 4.35. The van der Waals surface area contributed by atoms with E-state index in [9.17, 15) is 0 Å². The molecule has 0 atom stereocenters. The lowest BCUT2D eigenvalue weighted by Crippen LogP contribution is -2.43. The van der Waals surface area contributed by atoms with E-state index in [0.29, 0.717) is 5.41 Å². The molecule has 0 N–H and O–H groups in total. The molecule has 1 heteroatoms. The van der Waals surface area contributed by atoms with Gasteiger partial charge in [-0.05, 0) is 39.4 Å². The average Bonchev–Trinajstić information content (AvgIpc) is 2.13. The highest BCUT2D eigenvalue weighted by atomic mass is 15.1. The smallest absolute Gasteiger partial charge is 0.00800 e. The summed E-state index contributed by atoms with van der Waals surface area (Å²) in [4.78, 5) is 2.32. The van der Waals surface area contributed by atoms with Gasteiger partial charge in [-0.15, -0.1) is 0 Å². The van der Waals surface area contributed by atoms with E-state index < -0.39 is 0 Å². The van der Waals surface area contributed by atoms with Crippen LogP contribution in [0.5, 0.6) is 0 Å². The Bertz CT molecular complexity index is 320. The first-order valence-corrected chi connectivity index (χ1v) is 5.84. The van der Waals surface area contributed by atoms with Crippen LogP contribution in [0, 0.1) is 6.92 Å². The van der Waals surface area contributed by atoms with E-state index in [1.807, 2.05) is 0 Å². The van der Waals surface area contributed by atoms with Crippen LogP contribution in [0.2, 0.25) is 0 Å². The third-order valence-electron chi connectivity index (χ3n) is 3.59. The second-order valence-electron chi connectivity index (χ2n) is 5.24. The van der Waals surface area contributed by atoms with Crippen LogP contribution in [0.3, 0.4) is 0 Å². The minimum absolute atomic E-state index is 0.456. The van der Waals surface area contributed by atoms with Gasteiger partial charge >= 0.3 is 0 Å². The second-order valence-corrected chi connectivity index (χ2v) is 5.24. The zero-order valence-corrected chi connectivity index (χ0v) is 10.1. The third kappa shape index (κ3) is 2.07. The number of rotatable bonds is 3. The summed E-state index contributed by atoms with van der Waals surface area (Å²) in [6, 6.07) is 9.12. The van der Waals surface area contributed by atoms with Crippen molar-refractivity contribution in [2.45, 2.75) is 31.6 Å². The molecule has 0 aromatic heterocycles. The molecule has 0 heterocycles. The molecule has 0 bridgehead atoms. The molecule has 0 unspecified atom stereocenters. The van der Waals surface area contributed by atoms with E-state index in [1.165, 1.54) is 36.9 Å². The highest BCUT2D eigenvalue weighted by molar-refractivity contribution is 5.31. The summed E-state index contributed by atoms with van der Waals surface area (Å²) < 4.78 is 0. The molecule has 82 valence electrons. The van der Waals surface area contributed by atoms with Gasteiger partial charge < -0.3 is 4.90 Å². The maximum absolute atomic E-state index is 2.32. The molecule has 0 spiro atoms. The van der Waals surface area contributed by atoms with Gasteiger partial charge in [0.25, 0.3) is 0 Å². The Balaban J connectivity index is 2.22. The summed E-state index contributed by atoms with van der Waals surface area (Å²) in [5, 5.41) is 0. The van der Waals surface area contributed by atoms with Crippen LogP contribution < -0.4 is 0 Å². The van der Waals surface area contributed by atoms with Crippen LogP contribution in [0.1, 0.15) is 30.4 Å². The van der Waals surface area contributed by atoms with Gasteiger partial charge in [-0.1, -0.05) is 36.2 Å². The minimum Gasteiger partial charge on any atom is -0.309 e. The predicted molar refractivity (Wildman–Crippen MR) is 65.3 cm³/mol. The number of likely N-dealkylation sites (N-methyl/N-ethyl adjacent to an activating group) is 1. The van der Waals surface area contributed by atoms with E-state index in [1.54, 1.807) is 0 Å². The normalized spacial score (nSPS) is 18.9. The molecule has 1 nitrogen and oxygen atoms in total. The molecular weight excluding hydrogens is 182 g/mol. The molecular formula is C14H21N. The van der Waals surface area contributed by atoms with Crippen molar-refractivity contribution in [3.8, 4) is 0 Å². The van der Waals surface area contributed by atoms with Gasteiger partial charge in [-0.2, -0.15) is 0 Å². The summed E-state index contributed by atoms with van der Waals surface area (Å²) in [5.41, 5.74) is 3.35. The van der Waals surface area contributed by atoms with E-state index in [2.05, 4.69) is 50.2 Å². The van der Waals surface area contributed by atoms with Crippen molar-refractivity contribution in [2.75, 3.05) is 20.6 Å². The highest BCUT2D eigenvalue weighted by Crippen LogP contribution is 2.44. The highest BCUT2D eigenvalue weighted by Gasteiger charge is 2.38. The first-order chi connectivity index (χ1) is 7.12. The number of aryl methyl sites for hydroxylation is 1. The monoisotopic (exact) mass is 203 g/mol. The lowest BCUT2D eigenvalue weighted by molar-refractivity contribution is 0.177. The van der Waals surface area contributed by atoms with Crippen LogP contribution in [-0.2, 0) is 5.41 Å². The predicted octanol–water partition coefficient (Wildman–Crippen LogP) is 2.98. The molecule has 1 fully saturated rings. The second kappa shape index (κ2) is 3.97. The van der Waals surface area contributed by atoms with E-state index in [4.69, 9.17) is 0 Å². The maximum Gasteiger partial charge on any atom is 0.00800 e. The number of benzene rings is 1. The van der Waals surface area contributed by atoms with Crippen molar-refractivity contribution in [3.63, 3.8) is 0 Å². The third-order valence-corrected chi connectivity index (χ3v) is 3.59.